The number of thiol groups is 1. The smallest absolute Gasteiger partial charge is 0.136 e. The quantitative estimate of drug-likeness (QED) is 0.0477. The lowest BCUT2D eigenvalue weighted by molar-refractivity contribution is 0.548. The summed E-state index contributed by atoms with van der Waals surface area (Å²) in [6.45, 7) is 19.6. The summed E-state index contributed by atoms with van der Waals surface area (Å²) in [5.74, 6) is 0.399. The topological polar surface area (TPSA) is 53.1 Å². The molecule has 0 aromatic heterocycles. The molecule has 348 valence electrons. The van der Waals surface area contributed by atoms with Crippen LogP contribution in [0.4, 0.5) is 0 Å². The summed E-state index contributed by atoms with van der Waals surface area (Å²) in [5, 5.41) is 16.0. The number of amidine groups is 1. The van der Waals surface area contributed by atoms with Crippen LogP contribution in [0.5, 0.6) is 0 Å². The van der Waals surface area contributed by atoms with E-state index in [-0.39, 0.29) is 10.8 Å². The van der Waals surface area contributed by atoms with E-state index in [9.17, 15) is 5.41 Å². The Hall–Kier alpha value is -6.72. The highest BCUT2D eigenvalue weighted by Crippen LogP contribution is 2.58. The Labute approximate surface area is 417 Å². The Kier molecular flexibility index (Phi) is 15.0. The molecule has 5 aromatic rings. The van der Waals surface area contributed by atoms with Crippen molar-refractivity contribution in [3.63, 3.8) is 0 Å². The van der Waals surface area contributed by atoms with E-state index in [1.54, 1.807) is 0 Å². The summed E-state index contributed by atoms with van der Waals surface area (Å²) in [5.41, 5.74) is 19.4. The zero-order valence-electron chi connectivity index (χ0n) is 41.2. The molecule has 4 aliphatic rings. The Morgan fingerprint density at radius 2 is 1.46 bits per heavy atom. The van der Waals surface area contributed by atoms with Gasteiger partial charge in [-0.2, -0.15) is 0 Å². The molecule has 3 N–H and O–H groups in total. The number of hydrogen-bond donors (Lipinski definition) is 3. The molecule has 0 heterocycles. The second-order valence-electron chi connectivity index (χ2n) is 19.0. The van der Waals surface area contributed by atoms with Gasteiger partial charge in [-0.15, -0.1) is 12.8 Å². The first-order valence-electron chi connectivity index (χ1n) is 24.6. The van der Waals surface area contributed by atoms with E-state index in [4.69, 9.17) is 0 Å². The maximum Gasteiger partial charge on any atom is 0.136 e. The largest absolute Gasteiger partial charge is 0.300 e. The van der Waals surface area contributed by atoms with E-state index < -0.39 is 0 Å². The van der Waals surface area contributed by atoms with Gasteiger partial charge >= 0.3 is 0 Å². The molecule has 1 saturated carbocycles. The first-order valence-corrected chi connectivity index (χ1v) is 25.1. The Morgan fingerprint density at radius 3 is 2.17 bits per heavy atom. The lowest BCUT2D eigenvalue weighted by Gasteiger charge is -2.42. The molecule has 0 aliphatic heterocycles. The minimum atomic E-state index is -0.328. The van der Waals surface area contributed by atoms with Crippen molar-refractivity contribution in [1.29, 1.82) is 5.41 Å². The maximum atomic E-state index is 9.28. The van der Waals surface area contributed by atoms with Crippen molar-refractivity contribution in [2.75, 3.05) is 0 Å². The van der Waals surface area contributed by atoms with Gasteiger partial charge in [-0.05, 0) is 160 Å². The number of rotatable bonds is 13. The monoisotopic (exact) mass is 922 g/mol. The number of nitrogens with two attached hydrogens (primary N) is 1. The van der Waals surface area contributed by atoms with Gasteiger partial charge in [-0.25, -0.2) is 0 Å². The lowest BCUT2D eigenvalue weighted by atomic mass is 9.61. The minimum absolute atomic E-state index is 0.115. The number of unbranched alkanes of at least 4 members (excludes halogenated alkanes) is 1. The first kappa shape index (κ1) is 48.7. The second-order valence-corrected chi connectivity index (χ2v) is 19.0. The van der Waals surface area contributed by atoms with Crippen LogP contribution >= 0.6 is 12.8 Å². The molecule has 0 radical (unpaired) electrons. The van der Waals surface area contributed by atoms with Crippen LogP contribution in [-0.2, 0) is 5.41 Å². The zero-order chi connectivity index (χ0) is 48.7. The molecule has 5 aromatic carbocycles. The molecule has 9 rings (SSSR count). The predicted octanol–water partition coefficient (Wildman–Crippen LogP) is 15.3. The number of allylic oxidation sites excluding steroid dienone is 15. The predicted molar refractivity (Wildman–Crippen MR) is 300 cm³/mol. The summed E-state index contributed by atoms with van der Waals surface area (Å²) in [6.07, 6.45) is 29.9. The highest BCUT2D eigenvalue weighted by molar-refractivity contribution is 7.77. The lowest BCUT2D eigenvalue weighted by Crippen LogP contribution is -2.43. The summed E-state index contributed by atoms with van der Waals surface area (Å²) in [4.78, 5) is 1.95. The van der Waals surface area contributed by atoms with Crippen LogP contribution < -0.4 is 15.6 Å². The number of nitrogens with zero attached hydrogens (tertiary/aromatic N) is 1. The third-order valence-electron chi connectivity index (χ3n) is 14.8. The fourth-order valence-electron chi connectivity index (χ4n) is 11.5. The van der Waals surface area contributed by atoms with E-state index in [2.05, 4.69) is 205 Å². The molecule has 3 nitrogen and oxygen atoms in total. The van der Waals surface area contributed by atoms with Gasteiger partial charge in [-0.1, -0.05) is 198 Å². The van der Waals surface area contributed by atoms with E-state index in [0.717, 1.165) is 52.9 Å². The summed E-state index contributed by atoms with van der Waals surface area (Å²) < 4.78 is 0. The minimum Gasteiger partial charge on any atom is -0.300 e. The molecular weight excluding hydrogens is 855 g/mol. The highest BCUT2D eigenvalue weighted by atomic mass is 32.1. The van der Waals surface area contributed by atoms with Crippen molar-refractivity contribution in [2.45, 2.75) is 85.0 Å². The third kappa shape index (κ3) is 9.17. The van der Waals surface area contributed by atoms with E-state index in [1.165, 1.54) is 91.8 Å². The van der Waals surface area contributed by atoms with Crippen LogP contribution in [0.25, 0.3) is 33.4 Å². The number of fused-ring (bicyclic) bond motifs is 7. The van der Waals surface area contributed by atoms with Gasteiger partial charge in [0, 0.05) is 27.8 Å². The molecule has 0 bridgehead atoms. The molecular formula is C65H67N3S. The van der Waals surface area contributed by atoms with Crippen LogP contribution in [0.2, 0.25) is 0 Å². The maximum absolute atomic E-state index is 9.28. The molecule has 4 heteroatoms. The van der Waals surface area contributed by atoms with Crippen LogP contribution in [0.1, 0.15) is 113 Å². The SMILES string of the molecule is C=C/C=C(\C=C/C)C1=c2ccc(/C(C)=C/C=C(\C)N(C(=C)/C=C\CCC)C(=N)c3ccccc3)cc2=C(c2ccccc2)C2(C)CC=C(c3ccc4c(c3)C3(CCCC3)c3ccccc3-4)C=C12.NS. The van der Waals surface area contributed by atoms with Gasteiger partial charge in [-0.3, -0.25) is 15.4 Å². The zero-order valence-corrected chi connectivity index (χ0v) is 42.1. The second kappa shape index (κ2) is 21.3. The highest BCUT2D eigenvalue weighted by Gasteiger charge is 2.45. The number of nitrogens with one attached hydrogen (secondary N) is 1. The Bertz CT molecular complexity index is 3150. The average Bonchev–Trinajstić information content (AvgIpc) is 3.99. The van der Waals surface area contributed by atoms with E-state index in [0.29, 0.717) is 5.84 Å². The standard InChI is InChI=1S/C65H64N2.H3NS/c1-8-11-14-25-46(5)67(63(66)50-28-17-13-18-29-50)47(6)33-32-45(4)51-34-37-56-57(42-51)62(49-26-15-12-16-27-49)64(7)41-38-53(44-60(64)61(56)48(23-9-2)24-10-3)52-35-36-55-54-30-19-20-31-58(54)65(59(55)43-52)39-21-22-40-65;1-2/h9-10,12-20,23-38,42-44,66H,2,5,8,11,21-22,39-41H2,1,3-4,6-7H3;2H,1H2/b24-10-,25-14-,45-32+,47-33+,48-23+,66-63?;. The van der Waals surface area contributed by atoms with Crippen LogP contribution in [-0.4, -0.2) is 10.7 Å². The van der Waals surface area contributed by atoms with Crippen molar-refractivity contribution >= 4 is 40.9 Å². The fraction of sp³-hybridized carbons (Fsp3) is 0.215. The van der Waals surface area contributed by atoms with Crippen LogP contribution in [0.15, 0.2) is 218 Å². The molecule has 69 heavy (non-hydrogen) atoms. The number of hydrogen-bond acceptors (Lipinski definition) is 3. The van der Waals surface area contributed by atoms with Gasteiger partial charge in [0.05, 0.1) is 0 Å². The normalized spacial score (nSPS) is 18.2. The van der Waals surface area contributed by atoms with Crippen LogP contribution in [0, 0.1) is 10.8 Å². The molecule has 0 amide bonds. The van der Waals surface area contributed by atoms with Gasteiger partial charge in [0.25, 0.3) is 0 Å². The van der Waals surface area contributed by atoms with E-state index in [1.807, 2.05) is 47.4 Å². The molecule has 1 fully saturated rings. The molecule has 1 spiro atoms. The van der Waals surface area contributed by atoms with E-state index >= 15 is 0 Å². The van der Waals surface area contributed by atoms with Gasteiger partial charge in [0.2, 0.25) is 0 Å². The first-order chi connectivity index (χ1) is 33.6. The summed E-state index contributed by atoms with van der Waals surface area (Å²) >= 11 is 3.03. The average molecular weight is 922 g/mol. The molecule has 1 unspecified atom stereocenters. The van der Waals surface area contributed by atoms with Crippen molar-refractivity contribution in [3.8, 4) is 11.1 Å². The van der Waals surface area contributed by atoms with Crippen LogP contribution in [0.3, 0.4) is 0 Å². The summed E-state index contributed by atoms with van der Waals surface area (Å²) in [6, 6.07) is 44.5. The fourth-order valence-corrected chi connectivity index (χ4v) is 11.5. The van der Waals surface area contributed by atoms with Gasteiger partial charge in [0.15, 0.2) is 0 Å². The molecule has 0 saturated heterocycles. The van der Waals surface area contributed by atoms with Gasteiger partial charge in [0.1, 0.15) is 5.84 Å². The van der Waals surface area contributed by atoms with Crippen molar-refractivity contribution < 1.29 is 0 Å². The number of benzene rings is 5. The summed E-state index contributed by atoms with van der Waals surface area (Å²) in [7, 11) is 0. The third-order valence-corrected chi connectivity index (χ3v) is 14.8. The Morgan fingerprint density at radius 1 is 0.768 bits per heavy atom. The van der Waals surface area contributed by atoms with Crippen molar-refractivity contribution in [3.05, 3.63) is 262 Å². The molecule has 1 atom stereocenters. The van der Waals surface area contributed by atoms with Crippen molar-refractivity contribution in [1.82, 2.24) is 4.90 Å². The Balaban J connectivity index is 0.00000317. The molecule has 4 aliphatic carbocycles. The van der Waals surface area contributed by atoms with Gasteiger partial charge < -0.3 is 0 Å². The van der Waals surface area contributed by atoms with Crippen molar-refractivity contribution in [2.24, 2.45) is 10.6 Å².